The van der Waals surface area contributed by atoms with Crippen molar-refractivity contribution >= 4 is 27.0 Å². The quantitative estimate of drug-likeness (QED) is 0.620. The van der Waals surface area contributed by atoms with Crippen LogP contribution in [-0.2, 0) is 10.0 Å². The van der Waals surface area contributed by atoms with Gasteiger partial charge in [0, 0.05) is 44.6 Å². The summed E-state index contributed by atoms with van der Waals surface area (Å²) in [5, 5.41) is 0. The second-order valence-corrected chi connectivity index (χ2v) is 9.74. The highest BCUT2D eigenvalue weighted by Crippen LogP contribution is 2.23. The lowest BCUT2D eigenvalue weighted by Gasteiger charge is -2.34. The molecule has 162 valence electrons. The van der Waals surface area contributed by atoms with Crippen molar-refractivity contribution < 1.29 is 17.6 Å². The van der Waals surface area contributed by atoms with Crippen molar-refractivity contribution in [1.29, 1.82) is 0 Å². The zero-order valence-electron chi connectivity index (χ0n) is 17.3. The average Bonchev–Trinajstić information content (AvgIpc) is 2.78. The van der Waals surface area contributed by atoms with E-state index in [1.54, 1.807) is 12.1 Å². The number of hydrogen-bond acceptors (Lipinski definition) is 5. The van der Waals surface area contributed by atoms with E-state index < -0.39 is 15.8 Å². The van der Waals surface area contributed by atoms with Crippen LogP contribution in [0.3, 0.4) is 0 Å². The molecule has 1 aliphatic rings. The maximum atomic E-state index is 14.0. The minimum atomic E-state index is -3.65. The fourth-order valence-electron chi connectivity index (χ4n) is 3.68. The summed E-state index contributed by atoms with van der Waals surface area (Å²) < 4.78 is 41.3. The van der Waals surface area contributed by atoms with Gasteiger partial charge >= 0.3 is 0 Å². The van der Waals surface area contributed by atoms with Crippen molar-refractivity contribution in [3.63, 3.8) is 0 Å². The number of halogens is 1. The molecule has 4 rings (SSSR count). The lowest BCUT2D eigenvalue weighted by molar-refractivity contribution is 0.0699. The number of rotatable bonds is 4. The fourth-order valence-corrected chi connectivity index (χ4v) is 5.10. The van der Waals surface area contributed by atoms with E-state index in [1.165, 1.54) is 27.7 Å². The molecule has 0 atom stereocenters. The average molecular weight is 443 g/mol. The van der Waals surface area contributed by atoms with E-state index in [-0.39, 0.29) is 42.5 Å². The Kier molecular flexibility index (Phi) is 5.72. The molecular formula is C22H23FN4O3S. The highest BCUT2D eigenvalue weighted by atomic mass is 32.2. The van der Waals surface area contributed by atoms with Gasteiger partial charge in [0.2, 0.25) is 10.0 Å². The minimum absolute atomic E-state index is 0.128. The lowest BCUT2D eigenvalue weighted by Crippen LogP contribution is -2.50. The normalized spacial score (nSPS) is 15.5. The maximum absolute atomic E-state index is 14.0. The molecule has 2 aromatic carbocycles. The van der Waals surface area contributed by atoms with Crippen molar-refractivity contribution in [3.8, 4) is 0 Å². The van der Waals surface area contributed by atoms with Gasteiger partial charge in [-0.25, -0.2) is 12.8 Å². The van der Waals surface area contributed by atoms with Gasteiger partial charge in [0.15, 0.2) is 0 Å². The Morgan fingerprint density at radius 1 is 1.00 bits per heavy atom. The van der Waals surface area contributed by atoms with Gasteiger partial charge in [0.05, 0.1) is 16.0 Å². The Hall–Kier alpha value is -2.91. The van der Waals surface area contributed by atoms with E-state index in [9.17, 15) is 17.6 Å². The molecule has 1 aromatic heterocycles. The van der Waals surface area contributed by atoms with Gasteiger partial charge in [0.1, 0.15) is 11.3 Å². The SMILES string of the molecule is CC(C)c1ccc(S(=O)(=O)N2CCN(C(=O)c3cc(F)cc4nccnc34)CC2)cc1. The Morgan fingerprint density at radius 2 is 1.65 bits per heavy atom. The maximum Gasteiger partial charge on any atom is 0.256 e. The van der Waals surface area contributed by atoms with Crippen molar-refractivity contribution in [3.05, 3.63) is 65.7 Å². The predicted molar refractivity (Wildman–Crippen MR) is 115 cm³/mol. The molecule has 1 amide bonds. The van der Waals surface area contributed by atoms with Crippen LogP contribution in [0.25, 0.3) is 11.0 Å². The first-order valence-electron chi connectivity index (χ1n) is 10.1. The molecule has 7 nitrogen and oxygen atoms in total. The Bertz CT molecular complexity index is 1220. The van der Waals surface area contributed by atoms with E-state index in [4.69, 9.17) is 0 Å². The summed E-state index contributed by atoms with van der Waals surface area (Å²) >= 11 is 0. The monoisotopic (exact) mass is 442 g/mol. The summed E-state index contributed by atoms with van der Waals surface area (Å²) in [7, 11) is -3.65. The second kappa shape index (κ2) is 8.32. The summed E-state index contributed by atoms with van der Waals surface area (Å²) in [5.41, 5.74) is 1.83. The smallest absolute Gasteiger partial charge is 0.256 e. The molecule has 0 radical (unpaired) electrons. The van der Waals surface area contributed by atoms with E-state index in [2.05, 4.69) is 9.97 Å². The standard InChI is InChI=1S/C22H23FN4O3S/c1-15(2)16-3-5-18(6-4-16)31(29,30)27-11-9-26(10-12-27)22(28)19-13-17(23)14-20-21(19)25-8-7-24-20/h3-8,13-15H,9-12H2,1-2H3. The number of hydrogen-bond donors (Lipinski definition) is 0. The Balaban J connectivity index is 1.50. The number of amides is 1. The summed E-state index contributed by atoms with van der Waals surface area (Å²) in [6.45, 7) is 4.85. The van der Waals surface area contributed by atoms with Crippen molar-refractivity contribution in [2.24, 2.45) is 0 Å². The summed E-state index contributed by atoms with van der Waals surface area (Å²) in [6, 6.07) is 9.28. The van der Waals surface area contributed by atoms with Crippen LogP contribution in [0.2, 0.25) is 0 Å². The van der Waals surface area contributed by atoms with Crippen LogP contribution in [0.15, 0.2) is 53.7 Å². The molecule has 0 unspecified atom stereocenters. The summed E-state index contributed by atoms with van der Waals surface area (Å²) in [6.07, 6.45) is 2.89. The van der Waals surface area contributed by atoms with Gasteiger partial charge in [-0.2, -0.15) is 4.31 Å². The van der Waals surface area contributed by atoms with Crippen LogP contribution in [0.4, 0.5) is 4.39 Å². The van der Waals surface area contributed by atoms with Gasteiger partial charge in [-0.15, -0.1) is 0 Å². The number of benzene rings is 2. The van der Waals surface area contributed by atoms with Gasteiger partial charge < -0.3 is 4.90 Å². The molecule has 2 heterocycles. The van der Waals surface area contributed by atoms with Crippen molar-refractivity contribution in [1.82, 2.24) is 19.2 Å². The third-order valence-electron chi connectivity index (χ3n) is 5.48. The number of piperazine rings is 1. The number of carbonyl (C=O) groups is 1. The highest BCUT2D eigenvalue weighted by Gasteiger charge is 2.31. The highest BCUT2D eigenvalue weighted by molar-refractivity contribution is 7.89. The Labute approximate surface area is 180 Å². The second-order valence-electron chi connectivity index (χ2n) is 7.80. The molecule has 1 fully saturated rings. The molecule has 1 saturated heterocycles. The first-order valence-corrected chi connectivity index (χ1v) is 11.5. The van der Waals surface area contributed by atoms with Gasteiger partial charge in [-0.3, -0.25) is 14.8 Å². The molecule has 0 saturated carbocycles. The molecule has 0 aliphatic carbocycles. The lowest BCUT2D eigenvalue weighted by atomic mass is 10.0. The predicted octanol–water partition coefficient (Wildman–Crippen LogP) is 3.04. The fraction of sp³-hybridized carbons (Fsp3) is 0.318. The number of fused-ring (bicyclic) bond motifs is 1. The molecule has 0 spiro atoms. The topological polar surface area (TPSA) is 83.5 Å². The number of carbonyl (C=O) groups excluding carboxylic acids is 1. The zero-order valence-corrected chi connectivity index (χ0v) is 18.1. The van der Waals surface area contributed by atoms with E-state index in [0.717, 1.165) is 11.6 Å². The van der Waals surface area contributed by atoms with Crippen LogP contribution in [-0.4, -0.2) is 59.7 Å². The number of nitrogens with zero attached hydrogens (tertiary/aromatic N) is 4. The third-order valence-corrected chi connectivity index (χ3v) is 7.39. The molecular weight excluding hydrogens is 419 g/mol. The van der Waals surface area contributed by atoms with Crippen LogP contribution in [0.5, 0.6) is 0 Å². The van der Waals surface area contributed by atoms with Gasteiger partial charge in [-0.05, 0) is 29.7 Å². The van der Waals surface area contributed by atoms with Crippen molar-refractivity contribution in [2.75, 3.05) is 26.2 Å². The first kappa shape index (κ1) is 21.3. The van der Waals surface area contributed by atoms with Crippen LogP contribution in [0.1, 0.15) is 35.7 Å². The molecule has 0 bridgehead atoms. The molecule has 0 N–H and O–H groups in total. The van der Waals surface area contributed by atoms with E-state index in [1.807, 2.05) is 26.0 Å². The van der Waals surface area contributed by atoms with Crippen molar-refractivity contribution in [2.45, 2.75) is 24.7 Å². The number of aromatic nitrogens is 2. The van der Waals surface area contributed by atoms with Crippen LogP contribution in [0, 0.1) is 5.82 Å². The summed E-state index contributed by atoms with van der Waals surface area (Å²) in [4.78, 5) is 23.0. The molecule has 9 heteroatoms. The Morgan fingerprint density at radius 3 is 2.29 bits per heavy atom. The van der Waals surface area contributed by atoms with Crippen LogP contribution >= 0.6 is 0 Å². The summed E-state index contributed by atoms with van der Waals surface area (Å²) in [5.74, 6) is -0.638. The third kappa shape index (κ3) is 4.15. The first-order chi connectivity index (χ1) is 14.8. The molecule has 1 aliphatic heterocycles. The zero-order chi connectivity index (χ0) is 22.2. The molecule has 31 heavy (non-hydrogen) atoms. The van der Waals surface area contributed by atoms with E-state index in [0.29, 0.717) is 17.0 Å². The van der Waals surface area contributed by atoms with Gasteiger partial charge in [-0.1, -0.05) is 26.0 Å². The van der Waals surface area contributed by atoms with Crippen LogP contribution < -0.4 is 0 Å². The molecule has 3 aromatic rings. The van der Waals surface area contributed by atoms with Gasteiger partial charge in [0.25, 0.3) is 5.91 Å². The van der Waals surface area contributed by atoms with E-state index >= 15 is 0 Å². The largest absolute Gasteiger partial charge is 0.336 e. The number of sulfonamides is 1. The minimum Gasteiger partial charge on any atom is -0.336 e.